The van der Waals surface area contributed by atoms with Crippen molar-refractivity contribution in [2.75, 3.05) is 0 Å². The molecule has 1 atom stereocenters. The molecule has 1 aliphatic carbocycles. The van der Waals surface area contributed by atoms with Crippen molar-refractivity contribution in [2.45, 2.75) is 39.3 Å². The number of nitrogens with one attached hydrogen (secondary N) is 2. The first-order valence-corrected chi connectivity index (χ1v) is 5.08. The van der Waals surface area contributed by atoms with Crippen molar-refractivity contribution >= 4 is 0 Å². The summed E-state index contributed by atoms with van der Waals surface area (Å²) in [5.74, 6) is 0. The van der Waals surface area contributed by atoms with E-state index in [-0.39, 0.29) is 0 Å². The van der Waals surface area contributed by atoms with Gasteiger partial charge < -0.3 is 10.3 Å². The van der Waals surface area contributed by atoms with Gasteiger partial charge in [-0.25, -0.2) is 0 Å². The summed E-state index contributed by atoms with van der Waals surface area (Å²) in [4.78, 5) is 3.42. The average molecular weight is 176 g/mol. The highest BCUT2D eigenvalue weighted by Crippen LogP contribution is 2.44. The van der Waals surface area contributed by atoms with Crippen molar-refractivity contribution in [2.24, 2.45) is 5.41 Å². The van der Waals surface area contributed by atoms with E-state index in [1.165, 1.54) is 24.1 Å². The van der Waals surface area contributed by atoms with Crippen molar-refractivity contribution in [1.29, 1.82) is 0 Å². The van der Waals surface area contributed by atoms with Crippen molar-refractivity contribution in [3.8, 4) is 0 Å². The van der Waals surface area contributed by atoms with Crippen LogP contribution in [-0.4, -0.2) is 4.98 Å². The first kappa shape index (κ1) is 7.63. The predicted octanol–water partition coefficient (Wildman–Crippen LogP) is 2.13. The highest BCUT2D eigenvalue weighted by Gasteiger charge is 2.37. The molecule has 70 valence electrons. The van der Waals surface area contributed by atoms with Crippen LogP contribution >= 0.6 is 0 Å². The zero-order valence-corrected chi connectivity index (χ0v) is 8.28. The van der Waals surface area contributed by atoms with Crippen molar-refractivity contribution in [3.63, 3.8) is 0 Å². The Labute approximate surface area is 78.7 Å². The van der Waals surface area contributed by atoms with Gasteiger partial charge >= 0.3 is 0 Å². The molecule has 2 N–H and O–H groups in total. The Morgan fingerprint density at radius 3 is 3.15 bits per heavy atom. The second-order valence-electron chi connectivity index (χ2n) is 5.18. The van der Waals surface area contributed by atoms with Gasteiger partial charge in [0.05, 0.1) is 0 Å². The van der Waals surface area contributed by atoms with E-state index in [4.69, 9.17) is 0 Å². The molecule has 1 unspecified atom stereocenters. The standard InChI is InChI=1S/C11H16N2/c1-11(2)3-8-10-7(5-12-8)6-13-9(10)4-11/h5,9,12-13H,3-4,6H2,1-2H3. The van der Waals surface area contributed by atoms with Gasteiger partial charge in [0, 0.05) is 24.5 Å². The van der Waals surface area contributed by atoms with E-state index >= 15 is 0 Å². The third kappa shape index (κ3) is 0.983. The first-order chi connectivity index (χ1) is 6.16. The molecule has 0 radical (unpaired) electrons. The molecule has 0 saturated carbocycles. The molecule has 1 aromatic rings. The number of aromatic nitrogens is 1. The van der Waals surface area contributed by atoms with E-state index in [1.807, 2.05) is 0 Å². The van der Waals surface area contributed by atoms with E-state index in [1.54, 1.807) is 5.56 Å². The van der Waals surface area contributed by atoms with Gasteiger partial charge in [-0.1, -0.05) is 13.8 Å². The molecular weight excluding hydrogens is 160 g/mol. The molecule has 3 rings (SSSR count). The molecule has 0 bridgehead atoms. The van der Waals surface area contributed by atoms with Gasteiger partial charge in [0.1, 0.15) is 0 Å². The average Bonchev–Trinajstić information content (AvgIpc) is 2.56. The van der Waals surface area contributed by atoms with Crippen LogP contribution in [0.1, 0.15) is 43.1 Å². The van der Waals surface area contributed by atoms with Crippen molar-refractivity contribution < 1.29 is 0 Å². The Kier molecular flexibility index (Phi) is 1.28. The van der Waals surface area contributed by atoms with Crippen LogP contribution in [0, 0.1) is 5.41 Å². The minimum Gasteiger partial charge on any atom is -0.364 e. The van der Waals surface area contributed by atoms with Gasteiger partial charge in [0.2, 0.25) is 0 Å². The molecule has 0 amide bonds. The summed E-state index contributed by atoms with van der Waals surface area (Å²) in [6.45, 7) is 5.78. The van der Waals surface area contributed by atoms with Gasteiger partial charge in [-0.2, -0.15) is 0 Å². The summed E-state index contributed by atoms with van der Waals surface area (Å²) in [6.07, 6.45) is 4.67. The van der Waals surface area contributed by atoms with Gasteiger partial charge in [0.25, 0.3) is 0 Å². The van der Waals surface area contributed by atoms with Crippen LogP contribution in [0.3, 0.4) is 0 Å². The van der Waals surface area contributed by atoms with Gasteiger partial charge in [0.15, 0.2) is 0 Å². The van der Waals surface area contributed by atoms with Crippen LogP contribution in [0.25, 0.3) is 0 Å². The Hall–Kier alpha value is -0.760. The predicted molar refractivity (Wildman–Crippen MR) is 52.5 cm³/mol. The largest absolute Gasteiger partial charge is 0.364 e. The van der Waals surface area contributed by atoms with E-state index in [9.17, 15) is 0 Å². The summed E-state index contributed by atoms with van der Waals surface area (Å²) in [7, 11) is 0. The Morgan fingerprint density at radius 2 is 2.31 bits per heavy atom. The molecule has 2 heteroatoms. The lowest BCUT2D eigenvalue weighted by molar-refractivity contribution is 0.264. The maximum absolute atomic E-state index is 3.58. The van der Waals surface area contributed by atoms with Crippen LogP contribution < -0.4 is 5.32 Å². The fourth-order valence-electron chi connectivity index (χ4n) is 2.86. The Balaban J connectivity index is 2.12. The van der Waals surface area contributed by atoms with Crippen molar-refractivity contribution in [1.82, 2.24) is 10.3 Å². The topological polar surface area (TPSA) is 27.8 Å². The molecule has 0 saturated heterocycles. The zero-order valence-electron chi connectivity index (χ0n) is 8.28. The second-order valence-corrected chi connectivity index (χ2v) is 5.18. The normalized spacial score (nSPS) is 28.9. The minimum absolute atomic E-state index is 0.455. The molecule has 1 aromatic heterocycles. The second kappa shape index (κ2) is 2.18. The van der Waals surface area contributed by atoms with Crippen LogP contribution in [-0.2, 0) is 13.0 Å². The lowest BCUT2D eigenvalue weighted by Crippen LogP contribution is -2.29. The molecule has 2 aliphatic rings. The monoisotopic (exact) mass is 176 g/mol. The number of rotatable bonds is 0. The summed E-state index contributed by atoms with van der Waals surface area (Å²) in [6, 6.07) is 0.625. The summed E-state index contributed by atoms with van der Waals surface area (Å²) in [5, 5.41) is 3.58. The molecular formula is C11H16N2. The Morgan fingerprint density at radius 1 is 1.46 bits per heavy atom. The van der Waals surface area contributed by atoms with E-state index in [0.29, 0.717) is 11.5 Å². The molecule has 13 heavy (non-hydrogen) atoms. The third-order valence-corrected chi connectivity index (χ3v) is 3.39. The SMILES string of the molecule is CC1(C)Cc2[nH]cc3c2C(C1)NC3. The quantitative estimate of drug-likeness (QED) is 0.622. The molecule has 0 aromatic carbocycles. The summed E-state index contributed by atoms with van der Waals surface area (Å²) >= 11 is 0. The number of hydrogen-bond donors (Lipinski definition) is 2. The van der Waals surface area contributed by atoms with Crippen LogP contribution in [0.15, 0.2) is 6.20 Å². The number of hydrogen-bond acceptors (Lipinski definition) is 1. The van der Waals surface area contributed by atoms with E-state index in [2.05, 4.69) is 30.3 Å². The number of aromatic amines is 1. The molecule has 0 fully saturated rings. The van der Waals surface area contributed by atoms with Gasteiger partial charge in [-0.05, 0) is 29.4 Å². The van der Waals surface area contributed by atoms with Crippen molar-refractivity contribution in [3.05, 3.63) is 23.0 Å². The van der Waals surface area contributed by atoms with Crippen LogP contribution in [0.2, 0.25) is 0 Å². The smallest absolute Gasteiger partial charge is 0.0349 e. The molecule has 1 aliphatic heterocycles. The molecule has 0 spiro atoms. The maximum atomic E-state index is 3.58. The first-order valence-electron chi connectivity index (χ1n) is 5.08. The zero-order chi connectivity index (χ0) is 9.05. The molecule has 2 heterocycles. The number of H-pyrrole nitrogens is 1. The Bertz CT molecular complexity index is 349. The van der Waals surface area contributed by atoms with Gasteiger partial charge in [-0.3, -0.25) is 0 Å². The maximum Gasteiger partial charge on any atom is 0.0349 e. The van der Waals surface area contributed by atoms with E-state index < -0.39 is 0 Å². The third-order valence-electron chi connectivity index (χ3n) is 3.39. The van der Waals surface area contributed by atoms with Gasteiger partial charge in [-0.15, -0.1) is 0 Å². The highest BCUT2D eigenvalue weighted by atomic mass is 15.0. The fraction of sp³-hybridized carbons (Fsp3) is 0.636. The lowest BCUT2D eigenvalue weighted by atomic mass is 9.75. The summed E-state index contributed by atoms with van der Waals surface area (Å²) < 4.78 is 0. The van der Waals surface area contributed by atoms with E-state index in [0.717, 1.165) is 6.54 Å². The van der Waals surface area contributed by atoms with Crippen LogP contribution in [0.5, 0.6) is 0 Å². The summed E-state index contributed by atoms with van der Waals surface area (Å²) in [5.41, 5.74) is 5.01. The fourth-order valence-corrected chi connectivity index (χ4v) is 2.86. The lowest BCUT2D eigenvalue weighted by Gasteiger charge is -2.33. The minimum atomic E-state index is 0.455. The highest BCUT2D eigenvalue weighted by molar-refractivity contribution is 5.40. The van der Waals surface area contributed by atoms with Crippen LogP contribution in [0.4, 0.5) is 0 Å². The molecule has 2 nitrogen and oxygen atoms in total.